The summed E-state index contributed by atoms with van der Waals surface area (Å²) in [4.78, 5) is 4.35. The molecule has 0 saturated carbocycles. The molecular weight excluding hydrogens is 955 g/mol. The molecule has 0 unspecified atom stereocenters. The standard InChI is InChI=1S/C48H48Cl2N6S2.2BrH/c1-51(2)41-21-15-33(37-11-7-9-13-39(37)41)17-25-47-53(5)45-31-35(49)19-23-43(45)55(47)27-29-57-58-30-28-56-44-24-20-36(50)32-46(44)54(6)48(56)26-18-34-16-22-42(52(3)4)40-14-10-8-12-38(34)40;;/h7-26,31-32H,27-30H2,1-6H3;2*1H/q+2;;/p-2. The summed E-state index contributed by atoms with van der Waals surface area (Å²) in [5.74, 6) is 4.18. The molecule has 12 heteroatoms. The van der Waals surface area contributed by atoms with Crippen LogP contribution >= 0.6 is 44.8 Å². The van der Waals surface area contributed by atoms with Crippen molar-refractivity contribution in [2.45, 2.75) is 13.1 Å². The number of aromatic nitrogens is 4. The Bertz CT molecular complexity index is 2690. The van der Waals surface area contributed by atoms with Crippen LogP contribution in [0.1, 0.15) is 22.8 Å². The van der Waals surface area contributed by atoms with Crippen LogP contribution in [0.25, 0.3) is 67.9 Å². The summed E-state index contributed by atoms with van der Waals surface area (Å²) >= 11 is 13.0. The van der Waals surface area contributed by atoms with Crippen molar-refractivity contribution >= 4 is 124 Å². The number of imidazole rings is 2. The maximum Gasteiger partial charge on any atom is 0.282 e. The highest BCUT2D eigenvalue weighted by molar-refractivity contribution is 8.76. The van der Waals surface area contributed by atoms with Gasteiger partial charge in [-0.1, -0.05) is 105 Å². The number of hydrogen-bond acceptors (Lipinski definition) is 4. The van der Waals surface area contributed by atoms with Gasteiger partial charge in [0.25, 0.3) is 11.6 Å². The molecule has 0 radical (unpaired) electrons. The first-order chi connectivity index (χ1) is 28.1. The lowest BCUT2D eigenvalue weighted by Crippen LogP contribution is -3.00. The first-order valence-electron chi connectivity index (χ1n) is 19.4. The Morgan fingerprint density at radius 2 is 0.900 bits per heavy atom. The molecule has 0 bridgehead atoms. The van der Waals surface area contributed by atoms with Gasteiger partial charge < -0.3 is 43.8 Å². The maximum atomic E-state index is 6.52. The quantitative estimate of drug-likeness (QED) is 0.0877. The smallest absolute Gasteiger partial charge is 0.282 e. The zero-order valence-corrected chi connectivity index (χ0v) is 40.9. The van der Waals surface area contributed by atoms with Crippen molar-refractivity contribution in [3.8, 4) is 0 Å². The summed E-state index contributed by atoms with van der Waals surface area (Å²) < 4.78 is 9.35. The normalized spacial score (nSPS) is 11.7. The first-order valence-corrected chi connectivity index (χ1v) is 22.7. The van der Waals surface area contributed by atoms with Gasteiger partial charge in [-0.15, -0.1) is 0 Å². The lowest BCUT2D eigenvalue weighted by atomic mass is 10.0. The molecule has 0 fully saturated rings. The number of hydrogen-bond donors (Lipinski definition) is 0. The monoisotopic (exact) mass is 1000 g/mol. The molecule has 60 heavy (non-hydrogen) atoms. The Morgan fingerprint density at radius 1 is 0.517 bits per heavy atom. The summed E-state index contributed by atoms with van der Waals surface area (Å²) in [7, 11) is 16.5. The number of fused-ring (bicyclic) bond motifs is 4. The van der Waals surface area contributed by atoms with Gasteiger partial charge >= 0.3 is 0 Å². The molecule has 2 heterocycles. The van der Waals surface area contributed by atoms with Gasteiger partial charge in [-0.3, -0.25) is 0 Å². The van der Waals surface area contributed by atoms with E-state index in [1.165, 1.54) is 55.1 Å². The summed E-state index contributed by atoms with van der Waals surface area (Å²) in [5, 5.41) is 6.45. The third-order valence-electron chi connectivity index (χ3n) is 11.0. The summed E-state index contributed by atoms with van der Waals surface area (Å²) in [6.45, 7) is 1.73. The Hall–Kier alpha value is -3.90. The predicted molar refractivity (Wildman–Crippen MR) is 256 cm³/mol. The van der Waals surface area contributed by atoms with Crippen molar-refractivity contribution in [2.75, 3.05) is 49.5 Å². The summed E-state index contributed by atoms with van der Waals surface area (Å²) in [5.41, 5.74) is 9.41. The number of benzene rings is 6. The van der Waals surface area contributed by atoms with E-state index in [1.807, 2.05) is 33.7 Å². The van der Waals surface area contributed by atoms with E-state index in [2.05, 4.69) is 192 Å². The van der Waals surface area contributed by atoms with Gasteiger partial charge in [0, 0.05) is 96.2 Å². The third-order valence-corrected chi connectivity index (χ3v) is 13.8. The van der Waals surface area contributed by atoms with Gasteiger partial charge in [0.15, 0.2) is 22.1 Å². The van der Waals surface area contributed by atoms with Crippen LogP contribution in [0.15, 0.2) is 109 Å². The van der Waals surface area contributed by atoms with Crippen LogP contribution in [0.5, 0.6) is 0 Å². The molecule has 0 amide bonds. The summed E-state index contributed by atoms with van der Waals surface area (Å²) in [6.07, 6.45) is 9.00. The number of anilines is 2. The Morgan fingerprint density at radius 3 is 1.28 bits per heavy atom. The molecular formula is C48H48Br2Cl2N6S2. The van der Waals surface area contributed by atoms with Crippen LogP contribution in [0, 0.1) is 0 Å². The van der Waals surface area contributed by atoms with Crippen molar-refractivity contribution in [3.05, 3.63) is 142 Å². The van der Waals surface area contributed by atoms with Gasteiger partial charge in [0.05, 0.1) is 14.1 Å². The number of rotatable bonds is 13. The van der Waals surface area contributed by atoms with E-state index in [4.69, 9.17) is 23.2 Å². The van der Waals surface area contributed by atoms with Crippen molar-refractivity contribution < 1.29 is 43.1 Å². The minimum absolute atomic E-state index is 0. The van der Waals surface area contributed by atoms with Gasteiger partial charge in [-0.25, -0.2) is 18.3 Å². The number of nitrogens with zero attached hydrogens (tertiary/aromatic N) is 6. The lowest BCUT2D eigenvalue weighted by Gasteiger charge is -2.16. The molecule has 0 N–H and O–H groups in total. The van der Waals surface area contributed by atoms with E-state index in [1.54, 1.807) is 0 Å². The fourth-order valence-electron chi connectivity index (χ4n) is 8.10. The third kappa shape index (κ3) is 9.15. The Labute approximate surface area is 392 Å². The van der Waals surface area contributed by atoms with E-state index >= 15 is 0 Å². The van der Waals surface area contributed by atoms with Crippen molar-refractivity contribution in [1.82, 2.24) is 9.13 Å². The second kappa shape index (κ2) is 19.9. The molecule has 0 saturated heterocycles. The van der Waals surface area contributed by atoms with E-state index < -0.39 is 0 Å². The minimum atomic E-state index is 0. The number of aryl methyl sites for hydroxylation is 4. The topological polar surface area (TPSA) is 24.1 Å². The molecule has 0 aliphatic heterocycles. The Balaban J connectivity index is 0.00000302. The van der Waals surface area contributed by atoms with Gasteiger partial charge in [0.1, 0.15) is 13.1 Å². The average molecular weight is 1000 g/mol. The molecule has 0 aliphatic rings. The van der Waals surface area contributed by atoms with Gasteiger partial charge in [-0.2, -0.15) is 0 Å². The second-order valence-corrected chi connectivity index (χ2v) is 18.5. The van der Waals surface area contributed by atoms with Gasteiger partial charge in [0.2, 0.25) is 0 Å². The average Bonchev–Trinajstić information content (AvgIpc) is 3.63. The maximum absolute atomic E-state index is 6.52. The molecule has 310 valence electrons. The molecule has 0 atom stereocenters. The van der Waals surface area contributed by atoms with Crippen LogP contribution < -0.4 is 52.9 Å². The second-order valence-electron chi connectivity index (χ2n) is 14.9. The van der Waals surface area contributed by atoms with E-state index in [9.17, 15) is 0 Å². The van der Waals surface area contributed by atoms with Crippen LogP contribution in [-0.2, 0) is 27.2 Å². The molecule has 2 aromatic heterocycles. The number of halogens is 4. The molecule has 6 aromatic carbocycles. The fraction of sp³-hybridized carbons (Fsp3) is 0.208. The first kappa shape index (κ1) is 45.6. The van der Waals surface area contributed by atoms with Crippen LogP contribution in [-0.4, -0.2) is 48.8 Å². The highest BCUT2D eigenvalue weighted by Crippen LogP contribution is 2.32. The molecule has 6 nitrogen and oxygen atoms in total. The Kier molecular flexibility index (Phi) is 15.1. The van der Waals surface area contributed by atoms with Crippen LogP contribution in [0.4, 0.5) is 11.4 Å². The van der Waals surface area contributed by atoms with Gasteiger partial charge in [-0.05, 0) is 70.4 Å². The van der Waals surface area contributed by atoms with E-state index in [0.29, 0.717) is 0 Å². The lowest BCUT2D eigenvalue weighted by molar-refractivity contribution is -0.669. The zero-order chi connectivity index (χ0) is 40.5. The van der Waals surface area contributed by atoms with Crippen molar-refractivity contribution in [2.24, 2.45) is 14.1 Å². The zero-order valence-electron chi connectivity index (χ0n) is 34.5. The van der Waals surface area contributed by atoms with Crippen molar-refractivity contribution in [1.29, 1.82) is 0 Å². The largest absolute Gasteiger partial charge is 1.00 e. The highest BCUT2D eigenvalue weighted by atomic mass is 79.9. The molecule has 0 aliphatic carbocycles. The molecule has 8 rings (SSSR count). The van der Waals surface area contributed by atoms with Crippen LogP contribution in [0.2, 0.25) is 10.0 Å². The highest BCUT2D eigenvalue weighted by Gasteiger charge is 2.23. The fourth-order valence-corrected chi connectivity index (χ4v) is 10.3. The predicted octanol–water partition coefficient (Wildman–Crippen LogP) is 5.42. The van der Waals surface area contributed by atoms with Crippen molar-refractivity contribution in [3.63, 3.8) is 0 Å². The van der Waals surface area contributed by atoms with E-state index in [0.717, 1.165) is 57.3 Å². The van der Waals surface area contributed by atoms with Crippen LogP contribution in [0.3, 0.4) is 0 Å². The van der Waals surface area contributed by atoms with E-state index in [-0.39, 0.29) is 34.0 Å². The SMILES string of the molecule is CN(C)c1ccc(C=Cc2n(C)c3cc(Cl)ccc3[n+]2CCSSCC[n+]2c(C=Cc3ccc(N(C)C)c4ccccc34)n(C)c3cc(Cl)ccc32)c2ccccc12.[Br-].[Br-]. The molecule has 0 spiro atoms. The summed E-state index contributed by atoms with van der Waals surface area (Å²) in [6, 6.07) is 38.6. The minimum Gasteiger partial charge on any atom is -1.00 e. The molecule has 8 aromatic rings.